The van der Waals surface area contributed by atoms with E-state index in [1.54, 1.807) is 0 Å². The number of carboxylic acid groups (broad SMARTS) is 1. The standard InChI is InChI=1S/C11H16N4O3S/c16-9(17)8-4-2-1-3-7(8)5-12-10(18)14-11-15-13-6-19-11/h6-8H,1-5H2,(H,16,17)(H2,12,14,15,18). The summed E-state index contributed by atoms with van der Waals surface area (Å²) in [7, 11) is 0. The van der Waals surface area contributed by atoms with Crippen molar-refractivity contribution in [3.8, 4) is 0 Å². The molecule has 2 atom stereocenters. The van der Waals surface area contributed by atoms with Crippen LogP contribution in [0.5, 0.6) is 0 Å². The van der Waals surface area contributed by atoms with Crippen LogP contribution in [-0.4, -0.2) is 33.8 Å². The van der Waals surface area contributed by atoms with Gasteiger partial charge in [-0.1, -0.05) is 24.2 Å². The van der Waals surface area contributed by atoms with Gasteiger partial charge in [-0.15, -0.1) is 10.2 Å². The van der Waals surface area contributed by atoms with Crippen LogP contribution < -0.4 is 10.6 Å². The van der Waals surface area contributed by atoms with Crippen LogP contribution in [0.25, 0.3) is 0 Å². The zero-order chi connectivity index (χ0) is 13.7. The number of carbonyl (C=O) groups is 2. The van der Waals surface area contributed by atoms with Crippen LogP contribution in [-0.2, 0) is 4.79 Å². The van der Waals surface area contributed by atoms with Gasteiger partial charge in [-0.25, -0.2) is 4.79 Å². The molecule has 8 heteroatoms. The highest BCUT2D eigenvalue weighted by Gasteiger charge is 2.30. The summed E-state index contributed by atoms with van der Waals surface area (Å²) in [5, 5.41) is 22.1. The van der Waals surface area contributed by atoms with E-state index in [4.69, 9.17) is 5.11 Å². The van der Waals surface area contributed by atoms with Gasteiger partial charge in [0.05, 0.1) is 5.92 Å². The van der Waals surface area contributed by atoms with Crippen LogP contribution in [0.15, 0.2) is 5.51 Å². The Morgan fingerprint density at radius 1 is 1.42 bits per heavy atom. The summed E-state index contributed by atoms with van der Waals surface area (Å²) in [6.07, 6.45) is 3.51. The van der Waals surface area contributed by atoms with Crippen molar-refractivity contribution in [1.82, 2.24) is 15.5 Å². The molecule has 0 saturated heterocycles. The molecule has 7 nitrogen and oxygen atoms in total. The van der Waals surface area contributed by atoms with E-state index in [1.807, 2.05) is 0 Å². The fourth-order valence-electron chi connectivity index (χ4n) is 2.37. The second kappa shape index (κ2) is 6.46. The number of aromatic nitrogens is 2. The second-order valence-corrected chi connectivity index (χ2v) is 5.40. The van der Waals surface area contributed by atoms with Crippen LogP contribution in [0.2, 0.25) is 0 Å². The van der Waals surface area contributed by atoms with Crippen molar-refractivity contribution in [3.63, 3.8) is 0 Å². The molecule has 0 aromatic carbocycles. The number of hydrogen-bond donors (Lipinski definition) is 3. The van der Waals surface area contributed by atoms with Gasteiger partial charge in [-0.05, 0) is 18.8 Å². The lowest BCUT2D eigenvalue weighted by atomic mass is 9.79. The summed E-state index contributed by atoms with van der Waals surface area (Å²) in [5.74, 6) is -1.11. The summed E-state index contributed by atoms with van der Waals surface area (Å²) < 4.78 is 0. The molecule has 2 unspecified atom stereocenters. The molecule has 0 spiro atoms. The van der Waals surface area contributed by atoms with E-state index >= 15 is 0 Å². The highest BCUT2D eigenvalue weighted by molar-refractivity contribution is 7.13. The molecule has 1 aromatic rings. The lowest BCUT2D eigenvalue weighted by Gasteiger charge is -2.28. The fourth-order valence-corrected chi connectivity index (χ4v) is 2.81. The summed E-state index contributed by atoms with van der Waals surface area (Å²) in [4.78, 5) is 22.7. The van der Waals surface area contributed by atoms with E-state index in [9.17, 15) is 9.59 Å². The molecule has 0 bridgehead atoms. The summed E-state index contributed by atoms with van der Waals surface area (Å²) in [6.45, 7) is 0.377. The molecule has 19 heavy (non-hydrogen) atoms. The molecule has 1 fully saturated rings. The average molecular weight is 284 g/mol. The number of rotatable bonds is 4. The quantitative estimate of drug-likeness (QED) is 0.778. The molecular weight excluding hydrogens is 268 g/mol. The first-order chi connectivity index (χ1) is 9.16. The van der Waals surface area contributed by atoms with Crippen LogP contribution >= 0.6 is 11.3 Å². The van der Waals surface area contributed by atoms with Gasteiger partial charge in [0.15, 0.2) is 0 Å². The molecule has 1 heterocycles. The third-order valence-corrected chi connectivity index (χ3v) is 3.94. The molecule has 2 rings (SSSR count). The van der Waals surface area contributed by atoms with Crippen LogP contribution in [0.3, 0.4) is 0 Å². The van der Waals surface area contributed by atoms with E-state index in [0.29, 0.717) is 18.1 Å². The SMILES string of the molecule is O=C(NCC1CCCCC1C(=O)O)Nc1nncs1. The lowest BCUT2D eigenvalue weighted by molar-refractivity contribution is -0.144. The van der Waals surface area contributed by atoms with Crippen molar-refractivity contribution < 1.29 is 14.7 Å². The number of aliphatic carboxylic acids is 1. The zero-order valence-electron chi connectivity index (χ0n) is 10.3. The minimum Gasteiger partial charge on any atom is -0.481 e. The number of amides is 2. The van der Waals surface area contributed by atoms with Crippen molar-refractivity contribution in [3.05, 3.63) is 5.51 Å². The minimum absolute atomic E-state index is 0.00594. The van der Waals surface area contributed by atoms with Crippen molar-refractivity contribution in [2.24, 2.45) is 11.8 Å². The Hall–Kier alpha value is -1.70. The number of carboxylic acids is 1. The normalized spacial score (nSPS) is 22.7. The third-order valence-electron chi connectivity index (χ3n) is 3.33. The number of urea groups is 1. The molecule has 1 aliphatic rings. The Labute approximate surface area is 114 Å². The van der Waals surface area contributed by atoms with E-state index < -0.39 is 5.97 Å². The van der Waals surface area contributed by atoms with Crippen molar-refractivity contribution in [2.75, 3.05) is 11.9 Å². The Kier molecular flexibility index (Phi) is 4.67. The van der Waals surface area contributed by atoms with Crippen LogP contribution in [0.1, 0.15) is 25.7 Å². The van der Waals surface area contributed by atoms with Gasteiger partial charge in [0.1, 0.15) is 5.51 Å². The van der Waals surface area contributed by atoms with E-state index in [1.165, 1.54) is 16.8 Å². The smallest absolute Gasteiger partial charge is 0.321 e. The first kappa shape index (κ1) is 13.7. The van der Waals surface area contributed by atoms with Crippen LogP contribution in [0, 0.1) is 11.8 Å². The second-order valence-electron chi connectivity index (χ2n) is 4.57. The maximum Gasteiger partial charge on any atom is 0.321 e. The number of nitrogens with zero attached hydrogens (tertiary/aromatic N) is 2. The van der Waals surface area contributed by atoms with E-state index in [2.05, 4.69) is 20.8 Å². The molecule has 3 N–H and O–H groups in total. The lowest BCUT2D eigenvalue weighted by Crippen LogP contribution is -2.38. The van der Waals surface area contributed by atoms with Gasteiger partial charge in [-0.3, -0.25) is 10.1 Å². The topological polar surface area (TPSA) is 104 Å². The monoisotopic (exact) mass is 284 g/mol. The van der Waals surface area contributed by atoms with Gasteiger partial charge in [-0.2, -0.15) is 0 Å². The average Bonchev–Trinajstić information content (AvgIpc) is 2.89. The highest BCUT2D eigenvalue weighted by Crippen LogP contribution is 2.29. The van der Waals surface area contributed by atoms with Gasteiger partial charge < -0.3 is 10.4 Å². The van der Waals surface area contributed by atoms with Gasteiger partial charge in [0.2, 0.25) is 5.13 Å². The van der Waals surface area contributed by atoms with E-state index in [0.717, 1.165) is 19.3 Å². The third kappa shape index (κ3) is 3.88. The van der Waals surface area contributed by atoms with Gasteiger partial charge >= 0.3 is 12.0 Å². The Morgan fingerprint density at radius 3 is 2.89 bits per heavy atom. The van der Waals surface area contributed by atoms with Gasteiger partial charge in [0.25, 0.3) is 0 Å². The number of nitrogens with one attached hydrogen (secondary N) is 2. The molecule has 1 aliphatic carbocycles. The summed E-state index contributed by atoms with van der Waals surface area (Å²) in [6, 6.07) is -0.369. The van der Waals surface area contributed by atoms with Crippen molar-refractivity contribution >= 4 is 28.5 Å². The first-order valence-corrected chi connectivity index (χ1v) is 7.08. The molecule has 1 aromatic heterocycles. The molecule has 2 amide bonds. The summed E-state index contributed by atoms with van der Waals surface area (Å²) in [5.41, 5.74) is 1.53. The molecule has 0 aliphatic heterocycles. The van der Waals surface area contributed by atoms with Gasteiger partial charge in [0, 0.05) is 6.54 Å². The molecular formula is C11H16N4O3S. The highest BCUT2D eigenvalue weighted by atomic mass is 32.1. The maximum absolute atomic E-state index is 11.6. The Balaban J connectivity index is 1.80. The predicted molar refractivity (Wildman–Crippen MR) is 70.0 cm³/mol. The summed E-state index contributed by atoms with van der Waals surface area (Å²) >= 11 is 1.23. The van der Waals surface area contributed by atoms with Crippen molar-refractivity contribution in [2.45, 2.75) is 25.7 Å². The largest absolute Gasteiger partial charge is 0.481 e. The Morgan fingerprint density at radius 2 is 2.21 bits per heavy atom. The predicted octanol–water partition coefficient (Wildman–Crippen LogP) is 1.55. The van der Waals surface area contributed by atoms with Crippen LogP contribution in [0.4, 0.5) is 9.93 Å². The maximum atomic E-state index is 11.6. The zero-order valence-corrected chi connectivity index (χ0v) is 11.2. The Bertz CT molecular complexity index is 437. The number of hydrogen-bond acceptors (Lipinski definition) is 5. The molecule has 1 saturated carbocycles. The van der Waals surface area contributed by atoms with E-state index in [-0.39, 0.29) is 17.9 Å². The fraction of sp³-hybridized carbons (Fsp3) is 0.636. The first-order valence-electron chi connectivity index (χ1n) is 6.20. The number of anilines is 1. The van der Waals surface area contributed by atoms with Crippen molar-refractivity contribution in [1.29, 1.82) is 0 Å². The molecule has 104 valence electrons. The number of carbonyl (C=O) groups excluding carboxylic acids is 1. The minimum atomic E-state index is -0.768. The molecule has 0 radical (unpaired) electrons.